The molecule has 0 fully saturated rings. The molecule has 28 heavy (non-hydrogen) atoms. The van der Waals surface area contributed by atoms with Gasteiger partial charge in [-0.3, -0.25) is 9.59 Å². The lowest BCUT2D eigenvalue weighted by Crippen LogP contribution is -2.25. The van der Waals surface area contributed by atoms with Gasteiger partial charge in [0, 0.05) is 17.6 Å². The molecule has 0 radical (unpaired) electrons. The largest absolute Gasteiger partial charge is 0.465 e. The normalized spacial score (nSPS) is 12.1. The molecule has 0 saturated heterocycles. The Morgan fingerprint density at radius 2 is 2.11 bits per heavy atom. The summed E-state index contributed by atoms with van der Waals surface area (Å²) >= 11 is 4.16. The van der Waals surface area contributed by atoms with Crippen molar-refractivity contribution in [2.24, 2.45) is 0 Å². The molecule has 10 heteroatoms. The van der Waals surface area contributed by atoms with Crippen molar-refractivity contribution in [1.82, 2.24) is 19.7 Å². The van der Waals surface area contributed by atoms with Crippen molar-refractivity contribution in [3.63, 3.8) is 0 Å². The Hall–Kier alpha value is -2.04. The fourth-order valence-electron chi connectivity index (χ4n) is 2.59. The Bertz CT molecular complexity index is 949. The fraction of sp³-hybridized carbons (Fsp3) is 0.389. The maximum atomic E-state index is 12.9. The molecule has 0 aliphatic rings. The van der Waals surface area contributed by atoms with Crippen LogP contribution in [0, 0.1) is 6.92 Å². The van der Waals surface area contributed by atoms with Crippen molar-refractivity contribution in [2.75, 3.05) is 12.4 Å². The van der Waals surface area contributed by atoms with Crippen molar-refractivity contribution in [1.29, 1.82) is 0 Å². The summed E-state index contributed by atoms with van der Waals surface area (Å²) in [5.74, 6) is -0.935. The number of hydrogen-bond donors (Lipinski definition) is 0. The number of thioether (sulfide) groups is 1. The first-order chi connectivity index (χ1) is 13.5. The number of ether oxygens (including phenoxy) is 1. The van der Waals surface area contributed by atoms with Gasteiger partial charge in [-0.05, 0) is 32.2 Å². The van der Waals surface area contributed by atoms with Crippen LogP contribution in [0.25, 0.3) is 10.7 Å². The maximum absolute atomic E-state index is 12.9. The van der Waals surface area contributed by atoms with E-state index in [1.807, 2.05) is 41.3 Å². The van der Waals surface area contributed by atoms with Gasteiger partial charge in [0.25, 0.3) is 0 Å². The van der Waals surface area contributed by atoms with Gasteiger partial charge in [-0.25, -0.2) is 4.98 Å². The number of aromatic nitrogens is 4. The van der Waals surface area contributed by atoms with Crippen LogP contribution in [0.5, 0.6) is 0 Å². The molecule has 0 aromatic carbocycles. The second-order valence-corrected chi connectivity index (χ2v) is 8.57. The number of thiophene rings is 1. The lowest BCUT2D eigenvalue weighted by molar-refractivity contribution is -0.147. The molecule has 0 spiro atoms. The molecule has 0 aliphatic heterocycles. The summed E-state index contributed by atoms with van der Waals surface area (Å²) in [7, 11) is 0. The van der Waals surface area contributed by atoms with Crippen molar-refractivity contribution in [2.45, 2.75) is 38.4 Å². The van der Waals surface area contributed by atoms with Gasteiger partial charge in [0.05, 0.1) is 17.2 Å². The number of carbonyl (C=O) groups is 2. The highest BCUT2D eigenvalue weighted by Crippen LogP contribution is 2.29. The highest BCUT2D eigenvalue weighted by molar-refractivity contribution is 7.99. The SMILES string of the molecule is CCOC(=O)C(C(=O)CSc1nnc(-c2cccs2)n1CC)c1nc(C)cs1. The number of thiazole rings is 1. The molecule has 1 unspecified atom stereocenters. The first-order valence-corrected chi connectivity index (χ1v) is 11.5. The van der Waals surface area contributed by atoms with Crippen LogP contribution in [0.4, 0.5) is 0 Å². The first-order valence-electron chi connectivity index (χ1n) is 8.76. The number of esters is 1. The second kappa shape index (κ2) is 9.44. The molecule has 3 aromatic heterocycles. The standard InChI is InChI=1S/C18H20N4O3S3/c1-4-22-15(13-7-6-8-26-13)20-21-18(22)28-10-12(23)14(17(24)25-5-2)16-19-11(3)9-27-16/h6-9,14H,4-5,10H2,1-3H3. The molecule has 0 aliphatic carbocycles. The average molecular weight is 437 g/mol. The smallest absolute Gasteiger partial charge is 0.323 e. The summed E-state index contributed by atoms with van der Waals surface area (Å²) in [5, 5.41) is 13.4. The molecule has 148 valence electrons. The van der Waals surface area contributed by atoms with Crippen LogP contribution in [0.2, 0.25) is 0 Å². The van der Waals surface area contributed by atoms with Gasteiger partial charge in [-0.15, -0.1) is 32.9 Å². The molecule has 7 nitrogen and oxygen atoms in total. The van der Waals surface area contributed by atoms with Crippen LogP contribution >= 0.6 is 34.4 Å². The molecule has 3 rings (SSSR count). The lowest BCUT2D eigenvalue weighted by Gasteiger charge is -2.12. The number of rotatable bonds is 9. The van der Waals surface area contributed by atoms with Gasteiger partial charge in [0.2, 0.25) is 0 Å². The van der Waals surface area contributed by atoms with Crippen molar-refractivity contribution in [3.05, 3.63) is 33.6 Å². The summed E-state index contributed by atoms with van der Waals surface area (Å²) in [4.78, 5) is 30.6. The van der Waals surface area contributed by atoms with Crippen molar-refractivity contribution >= 4 is 46.2 Å². The Balaban J connectivity index is 1.77. The third kappa shape index (κ3) is 4.50. The summed E-state index contributed by atoms with van der Waals surface area (Å²) < 4.78 is 7.07. The maximum Gasteiger partial charge on any atom is 0.323 e. The van der Waals surface area contributed by atoms with Crippen LogP contribution in [0.3, 0.4) is 0 Å². The van der Waals surface area contributed by atoms with Crippen LogP contribution in [0.15, 0.2) is 28.0 Å². The average Bonchev–Trinajstić information content (AvgIpc) is 3.40. The van der Waals surface area contributed by atoms with Gasteiger partial charge in [-0.1, -0.05) is 17.8 Å². The van der Waals surface area contributed by atoms with Gasteiger partial charge in [-0.2, -0.15) is 0 Å². The first kappa shape index (κ1) is 20.7. The topological polar surface area (TPSA) is 87.0 Å². The second-order valence-electron chi connectivity index (χ2n) is 5.79. The molecule has 3 aromatic rings. The van der Waals surface area contributed by atoms with Crippen LogP contribution < -0.4 is 0 Å². The quantitative estimate of drug-likeness (QED) is 0.286. The third-order valence-electron chi connectivity index (χ3n) is 3.85. The zero-order valence-corrected chi connectivity index (χ0v) is 18.2. The predicted octanol–water partition coefficient (Wildman–Crippen LogP) is 3.80. The number of nitrogens with zero attached hydrogens (tertiary/aromatic N) is 4. The Morgan fingerprint density at radius 1 is 1.29 bits per heavy atom. The summed E-state index contributed by atoms with van der Waals surface area (Å²) in [6, 6.07) is 3.95. The van der Waals surface area contributed by atoms with Gasteiger partial charge >= 0.3 is 5.97 Å². The predicted molar refractivity (Wildman–Crippen MR) is 111 cm³/mol. The third-order valence-corrected chi connectivity index (χ3v) is 6.73. The van der Waals surface area contributed by atoms with E-state index in [0.717, 1.165) is 16.4 Å². The molecule has 0 bridgehead atoms. The molecule has 0 N–H and O–H groups in total. The summed E-state index contributed by atoms with van der Waals surface area (Å²) in [6.07, 6.45) is 0. The van der Waals surface area contributed by atoms with E-state index in [-0.39, 0.29) is 18.1 Å². The zero-order chi connectivity index (χ0) is 20.1. The van der Waals surface area contributed by atoms with Gasteiger partial charge in [0.15, 0.2) is 22.7 Å². The van der Waals surface area contributed by atoms with Crippen LogP contribution in [0.1, 0.15) is 30.5 Å². The van der Waals surface area contributed by atoms with Crippen molar-refractivity contribution in [3.8, 4) is 10.7 Å². The highest BCUT2D eigenvalue weighted by atomic mass is 32.2. The summed E-state index contributed by atoms with van der Waals surface area (Å²) in [6.45, 7) is 6.46. The molecular weight excluding hydrogens is 416 g/mol. The minimum Gasteiger partial charge on any atom is -0.465 e. The van der Waals surface area contributed by atoms with Gasteiger partial charge < -0.3 is 9.30 Å². The fourth-order valence-corrected chi connectivity index (χ4v) is 5.12. The lowest BCUT2D eigenvalue weighted by atomic mass is 10.1. The van der Waals surface area contributed by atoms with Crippen LogP contribution in [-0.4, -0.2) is 43.9 Å². The molecule has 3 heterocycles. The van der Waals surface area contributed by atoms with E-state index < -0.39 is 11.9 Å². The summed E-state index contributed by atoms with van der Waals surface area (Å²) in [5.41, 5.74) is 0.779. The molecular formula is C18H20N4O3S3. The minimum absolute atomic E-state index is 0.0880. The number of aryl methyl sites for hydroxylation is 1. The Kier molecular flexibility index (Phi) is 6.97. The van der Waals surface area contributed by atoms with E-state index in [2.05, 4.69) is 15.2 Å². The van der Waals surface area contributed by atoms with Crippen LogP contribution in [-0.2, 0) is 20.9 Å². The number of hydrogen-bond acceptors (Lipinski definition) is 9. The monoisotopic (exact) mass is 436 g/mol. The molecule has 1 atom stereocenters. The molecule has 0 saturated carbocycles. The Morgan fingerprint density at radius 3 is 2.71 bits per heavy atom. The van der Waals surface area contributed by atoms with E-state index in [9.17, 15) is 9.59 Å². The van der Waals surface area contributed by atoms with E-state index >= 15 is 0 Å². The van der Waals surface area contributed by atoms with Gasteiger partial charge in [0.1, 0.15) is 5.01 Å². The van der Waals surface area contributed by atoms with E-state index in [4.69, 9.17) is 4.74 Å². The number of ketones is 1. The van der Waals surface area contributed by atoms with E-state index in [1.165, 1.54) is 23.1 Å². The minimum atomic E-state index is -0.999. The molecule has 0 amide bonds. The van der Waals surface area contributed by atoms with E-state index in [1.54, 1.807) is 18.3 Å². The number of Topliss-reactive ketones (excluding diaryl/α,β-unsaturated/α-hetero) is 1. The van der Waals surface area contributed by atoms with Crippen molar-refractivity contribution < 1.29 is 14.3 Å². The van der Waals surface area contributed by atoms with E-state index in [0.29, 0.717) is 16.7 Å². The number of carbonyl (C=O) groups excluding carboxylic acids is 2. The zero-order valence-electron chi connectivity index (χ0n) is 15.7. The Labute approximate surface area is 175 Å². The highest BCUT2D eigenvalue weighted by Gasteiger charge is 2.32.